The maximum atomic E-state index is 12.8. The highest BCUT2D eigenvalue weighted by atomic mass is 32.1. The highest BCUT2D eigenvalue weighted by molar-refractivity contribution is 7.09. The molecule has 0 aliphatic rings. The molecule has 0 spiro atoms. The number of thiazole rings is 1. The number of nitrogens with one attached hydrogen (secondary N) is 1. The van der Waals surface area contributed by atoms with Crippen molar-refractivity contribution in [2.45, 2.75) is 26.6 Å². The summed E-state index contributed by atoms with van der Waals surface area (Å²) < 4.78 is 11.1. The summed E-state index contributed by atoms with van der Waals surface area (Å²) in [5, 5.41) is 3.71. The fraction of sp³-hybridized carbons (Fsp3) is 0.174. The van der Waals surface area contributed by atoms with Crippen LogP contribution in [0.3, 0.4) is 0 Å². The number of aryl methyl sites for hydroxylation is 1. The Morgan fingerprint density at radius 3 is 2.80 bits per heavy atom. The number of benzene rings is 2. The van der Waals surface area contributed by atoms with Crippen molar-refractivity contribution in [1.29, 1.82) is 0 Å². The first-order chi connectivity index (χ1) is 14.5. The molecule has 0 bridgehead atoms. The first-order valence-corrected chi connectivity index (χ1v) is 10.3. The third-order valence-corrected chi connectivity index (χ3v) is 5.45. The van der Waals surface area contributed by atoms with E-state index in [-0.39, 0.29) is 5.78 Å². The standard InChI is InChI=1S/C23H20N2O4S/c1-14(22(26)20-11-24-21-9-4-3-8-19(20)21)29-23(27)16-6-5-7-18(10-16)28-12-17-13-30-15(2)25-17/h3-11,13-14,24H,12H2,1-2H3. The van der Waals surface area contributed by atoms with Crippen molar-refractivity contribution in [3.63, 3.8) is 0 Å². The predicted molar refractivity (Wildman–Crippen MR) is 115 cm³/mol. The monoisotopic (exact) mass is 420 g/mol. The molecule has 0 saturated carbocycles. The number of aromatic amines is 1. The van der Waals surface area contributed by atoms with Gasteiger partial charge in [-0.05, 0) is 38.1 Å². The van der Waals surface area contributed by atoms with Gasteiger partial charge in [0.15, 0.2) is 6.10 Å². The summed E-state index contributed by atoms with van der Waals surface area (Å²) in [6.45, 7) is 3.83. The lowest BCUT2D eigenvalue weighted by molar-refractivity contribution is 0.0319. The third kappa shape index (κ3) is 4.26. The fourth-order valence-electron chi connectivity index (χ4n) is 3.12. The molecule has 1 N–H and O–H groups in total. The van der Waals surface area contributed by atoms with Gasteiger partial charge >= 0.3 is 5.97 Å². The summed E-state index contributed by atoms with van der Waals surface area (Å²) in [7, 11) is 0. The fourth-order valence-corrected chi connectivity index (χ4v) is 3.72. The minimum atomic E-state index is -0.917. The summed E-state index contributed by atoms with van der Waals surface area (Å²) in [5.74, 6) is -0.302. The van der Waals surface area contributed by atoms with Crippen molar-refractivity contribution in [1.82, 2.24) is 9.97 Å². The lowest BCUT2D eigenvalue weighted by Gasteiger charge is -2.12. The Bertz CT molecular complexity index is 1210. The quantitative estimate of drug-likeness (QED) is 0.338. The maximum Gasteiger partial charge on any atom is 0.338 e. The zero-order valence-electron chi connectivity index (χ0n) is 16.5. The molecule has 1 atom stereocenters. The topological polar surface area (TPSA) is 81.3 Å². The van der Waals surface area contributed by atoms with Gasteiger partial charge in [0, 0.05) is 28.0 Å². The Hall–Kier alpha value is -3.45. The van der Waals surface area contributed by atoms with Crippen molar-refractivity contribution >= 4 is 34.0 Å². The van der Waals surface area contributed by atoms with E-state index in [2.05, 4.69) is 9.97 Å². The average Bonchev–Trinajstić information content (AvgIpc) is 3.38. The number of nitrogens with zero attached hydrogens (tertiary/aromatic N) is 1. The number of carbonyl (C=O) groups excluding carboxylic acids is 2. The molecule has 1 unspecified atom stereocenters. The number of fused-ring (bicyclic) bond motifs is 1. The van der Waals surface area contributed by atoms with Crippen LogP contribution in [0.1, 0.15) is 38.3 Å². The zero-order chi connectivity index (χ0) is 21.1. The van der Waals surface area contributed by atoms with Gasteiger partial charge in [-0.3, -0.25) is 4.79 Å². The van der Waals surface area contributed by atoms with Crippen molar-refractivity contribution in [2.75, 3.05) is 0 Å². The Labute approximate surface area is 177 Å². The van der Waals surface area contributed by atoms with Crippen LogP contribution in [-0.4, -0.2) is 27.8 Å². The molecule has 6 nitrogen and oxygen atoms in total. The number of carbonyl (C=O) groups is 2. The molecule has 152 valence electrons. The van der Waals surface area contributed by atoms with E-state index in [1.54, 1.807) is 48.7 Å². The molecule has 2 aromatic carbocycles. The number of ether oxygens (including phenoxy) is 2. The SMILES string of the molecule is Cc1nc(COc2cccc(C(=O)OC(C)C(=O)c3c[nH]c4ccccc34)c2)cs1. The van der Waals surface area contributed by atoms with Crippen molar-refractivity contribution in [2.24, 2.45) is 0 Å². The molecule has 4 aromatic rings. The Kier molecular flexibility index (Phi) is 5.63. The number of ketones is 1. The second kappa shape index (κ2) is 8.51. The van der Waals surface area contributed by atoms with Gasteiger partial charge in [-0.1, -0.05) is 24.3 Å². The molecule has 30 heavy (non-hydrogen) atoms. The number of rotatable bonds is 7. The third-order valence-electron chi connectivity index (χ3n) is 4.63. The number of aromatic nitrogens is 2. The molecule has 0 amide bonds. The molecular formula is C23H20N2O4S. The summed E-state index contributed by atoms with van der Waals surface area (Å²) in [4.78, 5) is 32.8. The predicted octanol–water partition coefficient (Wildman–Crippen LogP) is 4.94. The van der Waals surface area contributed by atoms with E-state index in [1.807, 2.05) is 36.6 Å². The van der Waals surface area contributed by atoms with Crippen LogP contribution in [0.4, 0.5) is 0 Å². The molecule has 7 heteroatoms. The Morgan fingerprint density at radius 2 is 2.00 bits per heavy atom. The summed E-state index contributed by atoms with van der Waals surface area (Å²) in [6.07, 6.45) is 0.727. The van der Waals surface area contributed by atoms with E-state index in [9.17, 15) is 9.59 Å². The number of Topliss-reactive ketones (excluding diaryl/α,β-unsaturated/α-hetero) is 1. The van der Waals surface area contributed by atoms with Gasteiger partial charge in [-0.25, -0.2) is 9.78 Å². The summed E-state index contributed by atoms with van der Waals surface area (Å²) in [5.41, 5.74) is 2.52. The molecule has 0 fully saturated rings. The molecule has 4 rings (SSSR count). The second-order valence-corrected chi connectivity index (χ2v) is 7.90. The summed E-state index contributed by atoms with van der Waals surface area (Å²) in [6, 6.07) is 14.2. The first kappa shape index (κ1) is 19.8. The number of para-hydroxylation sites is 1. The van der Waals surface area contributed by atoms with E-state index in [4.69, 9.17) is 9.47 Å². The minimum absolute atomic E-state index is 0.257. The van der Waals surface area contributed by atoms with Gasteiger partial charge in [0.05, 0.1) is 16.3 Å². The van der Waals surface area contributed by atoms with E-state index in [0.29, 0.717) is 23.5 Å². The van der Waals surface area contributed by atoms with E-state index < -0.39 is 12.1 Å². The molecule has 2 heterocycles. The number of esters is 1. The molecule has 2 aromatic heterocycles. The van der Waals surface area contributed by atoms with Crippen molar-refractivity contribution in [3.8, 4) is 5.75 Å². The van der Waals surface area contributed by atoms with Crippen LogP contribution in [0.5, 0.6) is 5.75 Å². The van der Waals surface area contributed by atoms with Crippen LogP contribution in [0.15, 0.2) is 60.1 Å². The van der Waals surface area contributed by atoms with Crippen LogP contribution in [0.25, 0.3) is 10.9 Å². The van der Waals surface area contributed by atoms with Crippen molar-refractivity contribution in [3.05, 3.63) is 81.9 Å². The van der Waals surface area contributed by atoms with Crippen molar-refractivity contribution < 1.29 is 19.1 Å². The molecule has 0 radical (unpaired) electrons. The van der Waals surface area contributed by atoms with Gasteiger partial charge in [0.2, 0.25) is 5.78 Å². The minimum Gasteiger partial charge on any atom is -0.487 e. The largest absolute Gasteiger partial charge is 0.487 e. The highest BCUT2D eigenvalue weighted by Gasteiger charge is 2.23. The lowest BCUT2D eigenvalue weighted by Crippen LogP contribution is -2.24. The lowest BCUT2D eigenvalue weighted by atomic mass is 10.1. The van der Waals surface area contributed by atoms with Crippen LogP contribution in [-0.2, 0) is 11.3 Å². The van der Waals surface area contributed by atoms with E-state index >= 15 is 0 Å². The maximum absolute atomic E-state index is 12.8. The smallest absolute Gasteiger partial charge is 0.338 e. The number of H-pyrrole nitrogens is 1. The Balaban J connectivity index is 1.42. The summed E-state index contributed by atoms with van der Waals surface area (Å²) >= 11 is 1.56. The Morgan fingerprint density at radius 1 is 1.17 bits per heavy atom. The molecule has 0 aliphatic carbocycles. The number of hydrogen-bond acceptors (Lipinski definition) is 6. The average molecular weight is 420 g/mol. The van der Waals surface area contributed by atoms with Gasteiger partial charge in [0.1, 0.15) is 12.4 Å². The zero-order valence-corrected chi connectivity index (χ0v) is 17.4. The second-order valence-electron chi connectivity index (χ2n) is 6.83. The first-order valence-electron chi connectivity index (χ1n) is 9.46. The van der Waals surface area contributed by atoms with Crippen LogP contribution >= 0.6 is 11.3 Å². The van der Waals surface area contributed by atoms with Crippen LogP contribution < -0.4 is 4.74 Å². The molecule has 0 aliphatic heterocycles. The van der Waals surface area contributed by atoms with Gasteiger partial charge < -0.3 is 14.5 Å². The highest BCUT2D eigenvalue weighted by Crippen LogP contribution is 2.21. The number of hydrogen-bond donors (Lipinski definition) is 1. The molecule has 0 saturated heterocycles. The normalized spacial score (nSPS) is 11.9. The van der Waals surface area contributed by atoms with Gasteiger partial charge in [-0.2, -0.15) is 0 Å². The van der Waals surface area contributed by atoms with E-state index in [0.717, 1.165) is 21.6 Å². The van der Waals surface area contributed by atoms with Gasteiger partial charge in [0.25, 0.3) is 0 Å². The van der Waals surface area contributed by atoms with Crippen LogP contribution in [0.2, 0.25) is 0 Å². The van der Waals surface area contributed by atoms with Gasteiger partial charge in [-0.15, -0.1) is 11.3 Å². The molecular weight excluding hydrogens is 400 g/mol. The van der Waals surface area contributed by atoms with E-state index in [1.165, 1.54) is 0 Å². The van der Waals surface area contributed by atoms with Crippen LogP contribution in [0, 0.1) is 6.92 Å².